The van der Waals surface area contributed by atoms with E-state index in [0.29, 0.717) is 23.1 Å². The minimum absolute atomic E-state index is 0.203. The van der Waals surface area contributed by atoms with Gasteiger partial charge >= 0.3 is 0 Å². The van der Waals surface area contributed by atoms with E-state index in [1.165, 1.54) is 0 Å². The van der Waals surface area contributed by atoms with Gasteiger partial charge in [-0.3, -0.25) is 14.8 Å². The predicted octanol–water partition coefficient (Wildman–Crippen LogP) is 1.10. The molecule has 2 aromatic heterocycles. The van der Waals surface area contributed by atoms with E-state index in [2.05, 4.69) is 15.0 Å². The van der Waals surface area contributed by atoms with Gasteiger partial charge in [0, 0.05) is 12.4 Å². The van der Waals surface area contributed by atoms with Crippen molar-refractivity contribution in [3.8, 4) is 16.5 Å². The third-order valence-corrected chi connectivity index (χ3v) is 2.87. The Morgan fingerprint density at radius 2 is 2.35 bits per heavy atom. The summed E-state index contributed by atoms with van der Waals surface area (Å²) in [5.41, 5.74) is 6.24. The Morgan fingerprint density at radius 3 is 2.94 bits per heavy atom. The van der Waals surface area contributed by atoms with Crippen molar-refractivity contribution in [3.63, 3.8) is 0 Å². The second-order valence-electron chi connectivity index (χ2n) is 3.04. The van der Waals surface area contributed by atoms with Crippen molar-refractivity contribution in [2.45, 2.75) is 6.92 Å². The van der Waals surface area contributed by atoms with Crippen LogP contribution in [0, 0.1) is 0 Å². The first-order valence-corrected chi connectivity index (χ1v) is 5.73. The highest BCUT2D eigenvalue weighted by Gasteiger charge is 2.18. The molecule has 7 heteroatoms. The molecule has 0 saturated heterocycles. The zero-order chi connectivity index (χ0) is 12.3. The average molecular weight is 250 g/mol. The van der Waals surface area contributed by atoms with Crippen molar-refractivity contribution in [2.24, 2.45) is 5.73 Å². The molecule has 0 atom stereocenters. The number of amides is 1. The molecule has 6 nitrogen and oxygen atoms in total. The van der Waals surface area contributed by atoms with Crippen molar-refractivity contribution in [2.75, 3.05) is 6.61 Å². The molecule has 0 spiro atoms. The molecular weight excluding hydrogens is 240 g/mol. The van der Waals surface area contributed by atoms with E-state index in [4.69, 9.17) is 10.5 Å². The van der Waals surface area contributed by atoms with Gasteiger partial charge < -0.3 is 10.5 Å². The number of nitrogens with two attached hydrogens (primary N) is 1. The maximum Gasteiger partial charge on any atom is 0.277 e. The molecule has 0 aliphatic carbocycles. The average Bonchev–Trinajstić information content (AvgIpc) is 2.75. The highest BCUT2D eigenvalue weighted by atomic mass is 32.1. The summed E-state index contributed by atoms with van der Waals surface area (Å²) in [6, 6.07) is 0. The van der Waals surface area contributed by atoms with Gasteiger partial charge in [0.2, 0.25) is 5.06 Å². The molecule has 2 N–H and O–H groups in total. The molecule has 0 fully saturated rings. The number of carbonyl (C=O) groups excluding carboxylic acids is 1. The first kappa shape index (κ1) is 11.5. The van der Waals surface area contributed by atoms with Crippen LogP contribution in [0.4, 0.5) is 0 Å². The van der Waals surface area contributed by atoms with Crippen molar-refractivity contribution in [1.82, 2.24) is 15.0 Å². The van der Waals surface area contributed by atoms with Gasteiger partial charge in [0.15, 0.2) is 5.01 Å². The summed E-state index contributed by atoms with van der Waals surface area (Å²) in [6.07, 6.45) is 4.67. The molecule has 0 aliphatic heterocycles. The number of nitrogens with zero attached hydrogens (tertiary/aromatic N) is 3. The Morgan fingerprint density at radius 1 is 1.53 bits per heavy atom. The largest absolute Gasteiger partial charge is 0.483 e. The Hall–Kier alpha value is -2.02. The fraction of sp³-hybridized carbons (Fsp3) is 0.200. The summed E-state index contributed by atoms with van der Waals surface area (Å²) in [4.78, 5) is 23.3. The number of aromatic nitrogens is 3. The van der Waals surface area contributed by atoms with Gasteiger partial charge in [-0.05, 0) is 6.92 Å². The van der Waals surface area contributed by atoms with E-state index in [1.807, 2.05) is 6.92 Å². The number of ether oxygens (including phenoxy) is 1. The summed E-state index contributed by atoms with van der Waals surface area (Å²) < 4.78 is 5.40. The highest BCUT2D eigenvalue weighted by molar-refractivity contribution is 7.15. The van der Waals surface area contributed by atoms with Crippen LogP contribution in [-0.4, -0.2) is 27.5 Å². The zero-order valence-corrected chi connectivity index (χ0v) is 9.90. The summed E-state index contributed by atoms with van der Waals surface area (Å²) in [5, 5.41) is 0.732. The Labute approximate surface area is 101 Å². The van der Waals surface area contributed by atoms with Gasteiger partial charge in [0.1, 0.15) is 11.4 Å². The van der Waals surface area contributed by atoms with Gasteiger partial charge in [-0.2, -0.15) is 0 Å². The molecule has 2 rings (SSSR count). The Kier molecular flexibility index (Phi) is 3.29. The second kappa shape index (κ2) is 4.88. The van der Waals surface area contributed by atoms with Crippen LogP contribution in [0.25, 0.3) is 11.4 Å². The molecule has 0 bridgehead atoms. The number of rotatable bonds is 4. The molecule has 0 aliphatic rings. The standard InChI is InChI=1S/C10H10N4O2S/c1-2-16-10-7(6-5-12-3-4-13-6)14-9(17-10)8(11)15/h3-5H,2H2,1H3,(H2,11,15). The van der Waals surface area contributed by atoms with E-state index in [1.54, 1.807) is 18.6 Å². The van der Waals surface area contributed by atoms with E-state index in [9.17, 15) is 4.79 Å². The maximum absolute atomic E-state index is 11.1. The van der Waals surface area contributed by atoms with Crippen molar-refractivity contribution in [1.29, 1.82) is 0 Å². The molecule has 0 radical (unpaired) electrons. The number of hydrogen-bond donors (Lipinski definition) is 1. The Bertz CT molecular complexity index is 526. The van der Waals surface area contributed by atoms with Crippen molar-refractivity contribution < 1.29 is 9.53 Å². The quantitative estimate of drug-likeness (QED) is 0.877. The molecule has 1 amide bonds. The van der Waals surface area contributed by atoms with Crippen LogP contribution in [0.5, 0.6) is 5.06 Å². The van der Waals surface area contributed by atoms with E-state index >= 15 is 0 Å². The number of hydrogen-bond acceptors (Lipinski definition) is 6. The summed E-state index contributed by atoms with van der Waals surface area (Å²) in [5.74, 6) is -0.578. The molecule has 88 valence electrons. The van der Waals surface area contributed by atoms with Crippen molar-refractivity contribution >= 4 is 17.2 Å². The SMILES string of the molecule is CCOc1sc(C(N)=O)nc1-c1cnccn1. The summed E-state index contributed by atoms with van der Waals surface area (Å²) in [7, 11) is 0. The first-order chi connectivity index (χ1) is 8.22. The minimum atomic E-state index is -0.578. The molecule has 0 aromatic carbocycles. The van der Waals surface area contributed by atoms with Crippen LogP contribution in [0.3, 0.4) is 0 Å². The van der Waals surface area contributed by atoms with Gasteiger partial charge in [-0.15, -0.1) is 0 Å². The lowest BCUT2D eigenvalue weighted by Gasteiger charge is -2.00. The zero-order valence-electron chi connectivity index (χ0n) is 9.08. The monoisotopic (exact) mass is 250 g/mol. The van der Waals surface area contributed by atoms with E-state index < -0.39 is 5.91 Å². The van der Waals surface area contributed by atoms with Gasteiger partial charge in [-0.25, -0.2) is 4.98 Å². The van der Waals surface area contributed by atoms with Crippen LogP contribution in [-0.2, 0) is 0 Å². The molecule has 2 heterocycles. The third kappa shape index (κ3) is 2.39. The number of carbonyl (C=O) groups is 1. The highest BCUT2D eigenvalue weighted by Crippen LogP contribution is 2.33. The summed E-state index contributed by atoms with van der Waals surface area (Å²) >= 11 is 1.11. The van der Waals surface area contributed by atoms with Crippen molar-refractivity contribution in [3.05, 3.63) is 23.6 Å². The van der Waals surface area contributed by atoms with Gasteiger partial charge in [0.05, 0.1) is 12.8 Å². The molecule has 17 heavy (non-hydrogen) atoms. The second-order valence-corrected chi connectivity index (χ2v) is 4.00. The number of thiazole rings is 1. The lowest BCUT2D eigenvalue weighted by Crippen LogP contribution is -2.10. The Balaban J connectivity index is 2.48. The smallest absolute Gasteiger partial charge is 0.277 e. The van der Waals surface area contributed by atoms with Crippen LogP contribution in [0.1, 0.15) is 16.7 Å². The van der Waals surface area contributed by atoms with E-state index in [-0.39, 0.29) is 5.01 Å². The maximum atomic E-state index is 11.1. The van der Waals surface area contributed by atoms with Crippen LogP contribution < -0.4 is 10.5 Å². The molecule has 0 saturated carbocycles. The van der Waals surface area contributed by atoms with E-state index in [0.717, 1.165) is 11.3 Å². The predicted molar refractivity (Wildman–Crippen MR) is 62.8 cm³/mol. The van der Waals surface area contributed by atoms with Crippen LogP contribution in [0.2, 0.25) is 0 Å². The minimum Gasteiger partial charge on any atom is -0.483 e. The van der Waals surface area contributed by atoms with Crippen LogP contribution in [0.15, 0.2) is 18.6 Å². The molecule has 2 aromatic rings. The normalized spacial score (nSPS) is 10.2. The lowest BCUT2D eigenvalue weighted by molar-refractivity contribution is 0.1000. The molecular formula is C10H10N4O2S. The fourth-order valence-electron chi connectivity index (χ4n) is 1.22. The third-order valence-electron chi connectivity index (χ3n) is 1.89. The lowest BCUT2D eigenvalue weighted by atomic mass is 10.3. The molecule has 0 unspecified atom stereocenters. The topological polar surface area (TPSA) is 91.0 Å². The van der Waals surface area contributed by atoms with Crippen LogP contribution >= 0.6 is 11.3 Å². The first-order valence-electron chi connectivity index (χ1n) is 4.92. The number of primary amides is 1. The fourth-order valence-corrected chi connectivity index (χ4v) is 2.06. The van der Waals surface area contributed by atoms with Gasteiger partial charge in [0.25, 0.3) is 5.91 Å². The van der Waals surface area contributed by atoms with Gasteiger partial charge in [-0.1, -0.05) is 11.3 Å². The summed E-state index contributed by atoms with van der Waals surface area (Å²) in [6.45, 7) is 2.33.